The lowest BCUT2D eigenvalue weighted by Crippen LogP contribution is -2.60. The van der Waals surface area contributed by atoms with Crippen molar-refractivity contribution < 1.29 is 12.3 Å². The van der Waals surface area contributed by atoms with Gasteiger partial charge in [0.25, 0.3) is 0 Å². The fraction of sp³-hybridized carbons (Fsp3) is 0.867. The topological polar surface area (TPSA) is 53.7 Å². The SMILES string of the molecule is CC(C)=C(N)CC[Si](O[Si](C)(C)C)(O[Si](C)(C)C)O[Si](C)(C)C. The quantitative estimate of drug-likeness (QED) is 0.552. The summed E-state index contributed by atoms with van der Waals surface area (Å²) >= 11 is 0. The van der Waals surface area contributed by atoms with Gasteiger partial charge in [0.15, 0.2) is 25.0 Å². The van der Waals surface area contributed by atoms with Crippen molar-refractivity contribution in [1.29, 1.82) is 0 Å². The Bertz CT molecular complexity index is 375. The van der Waals surface area contributed by atoms with Gasteiger partial charge in [0, 0.05) is 11.7 Å². The van der Waals surface area contributed by atoms with E-state index >= 15 is 0 Å². The zero-order valence-corrected chi connectivity index (χ0v) is 21.2. The monoisotopic (exact) mass is 393 g/mol. The van der Waals surface area contributed by atoms with Gasteiger partial charge in [0.2, 0.25) is 0 Å². The van der Waals surface area contributed by atoms with Crippen molar-refractivity contribution in [3.8, 4) is 0 Å². The molecule has 4 nitrogen and oxygen atoms in total. The standard InChI is InChI=1S/C15H39NO3Si4/c1-14(2)15(16)12-13-23(17-20(3,4)5,18-21(6,7)8)19-22(9,10)11/h12-13,16H2,1-11H3. The van der Waals surface area contributed by atoms with Gasteiger partial charge in [0.1, 0.15) is 0 Å². The van der Waals surface area contributed by atoms with Crippen LogP contribution in [-0.2, 0) is 12.3 Å². The highest BCUT2D eigenvalue weighted by Crippen LogP contribution is 2.30. The Labute approximate surface area is 148 Å². The van der Waals surface area contributed by atoms with E-state index in [-0.39, 0.29) is 0 Å². The van der Waals surface area contributed by atoms with E-state index < -0.39 is 33.8 Å². The molecule has 0 aliphatic rings. The molecular weight excluding hydrogens is 355 g/mol. The van der Waals surface area contributed by atoms with E-state index in [2.05, 4.69) is 72.8 Å². The fourth-order valence-corrected chi connectivity index (χ4v) is 16.8. The summed E-state index contributed by atoms with van der Waals surface area (Å²) in [5.74, 6) is 0. The lowest BCUT2D eigenvalue weighted by Gasteiger charge is -2.43. The molecule has 0 aliphatic carbocycles. The third kappa shape index (κ3) is 11.5. The molecule has 0 amide bonds. The molecule has 0 spiro atoms. The summed E-state index contributed by atoms with van der Waals surface area (Å²) in [4.78, 5) is 0. The summed E-state index contributed by atoms with van der Waals surface area (Å²) in [6.45, 7) is 24.0. The van der Waals surface area contributed by atoms with Gasteiger partial charge in [-0.25, -0.2) is 0 Å². The molecule has 0 rings (SSSR count). The molecule has 0 unspecified atom stereocenters. The molecule has 0 radical (unpaired) electrons. The Balaban J connectivity index is 5.67. The smallest absolute Gasteiger partial charge is 0.417 e. The zero-order valence-electron chi connectivity index (χ0n) is 17.2. The third-order valence-corrected chi connectivity index (χ3v) is 14.7. The molecule has 0 aliphatic heterocycles. The largest absolute Gasteiger partial charge is 0.469 e. The van der Waals surface area contributed by atoms with Gasteiger partial charge in [-0.05, 0) is 79.2 Å². The highest BCUT2D eigenvalue weighted by molar-refractivity contribution is 6.90. The minimum absolute atomic E-state index is 0.781. The van der Waals surface area contributed by atoms with E-state index in [0.29, 0.717) is 0 Å². The molecule has 2 N–H and O–H groups in total. The van der Waals surface area contributed by atoms with Crippen molar-refractivity contribution >= 4 is 33.8 Å². The second-order valence-electron chi connectivity index (χ2n) is 9.35. The highest BCUT2D eigenvalue weighted by Gasteiger charge is 2.49. The molecule has 0 aromatic heterocycles. The first-order valence-corrected chi connectivity index (χ1v) is 20.6. The first-order valence-electron chi connectivity index (χ1n) is 8.47. The lowest BCUT2D eigenvalue weighted by molar-refractivity contribution is 0.251. The number of hydrogen-bond donors (Lipinski definition) is 1. The average Bonchev–Trinajstić information content (AvgIpc) is 2.17. The molecule has 0 fully saturated rings. The van der Waals surface area contributed by atoms with Crippen molar-refractivity contribution in [3.05, 3.63) is 11.3 Å². The lowest BCUT2D eigenvalue weighted by atomic mass is 10.2. The first-order chi connectivity index (χ1) is 9.95. The predicted molar refractivity (Wildman–Crippen MR) is 111 cm³/mol. The summed E-state index contributed by atoms with van der Waals surface area (Å²) in [7, 11) is -8.12. The second-order valence-corrected chi connectivity index (χ2v) is 26.3. The average molecular weight is 394 g/mol. The van der Waals surface area contributed by atoms with E-state index in [1.54, 1.807) is 0 Å². The van der Waals surface area contributed by atoms with E-state index in [9.17, 15) is 0 Å². The van der Waals surface area contributed by atoms with Crippen LogP contribution in [0.15, 0.2) is 11.3 Å². The normalized spacial score (nSPS) is 14.0. The summed E-state index contributed by atoms with van der Waals surface area (Å²) in [6, 6.07) is 0.781. The van der Waals surface area contributed by atoms with Crippen LogP contribution in [0.5, 0.6) is 0 Å². The van der Waals surface area contributed by atoms with Crippen molar-refractivity contribution in [1.82, 2.24) is 0 Å². The number of allylic oxidation sites excluding steroid dienone is 2. The van der Waals surface area contributed by atoms with Gasteiger partial charge in [-0.1, -0.05) is 5.57 Å². The Morgan fingerprint density at radius 3 is 1.22 bits per heavy atom. The summed E-state index contributed by atoms with van der Waals surface area (Å²) < 4.78 is 19.9. The van der Waals surface area contributed by atoms with Crippen LogP contribution in [0.3, 0.4) is 0 Å². The van der Waals surface area contributed by atoms with Gasteiger partial charge in [-0.3, -0.25) is 0 Å². The molecule has 138 valence electrons. The van der Waals surface area contributed by atoms with Crippen LogP contribution in [-0.4, -0.2) is 33.8 Å². The minimum Gasteiger partial charge on any atom is -0.417 e. The van der Waals surface area contributed by atoms with E-state index in [1.165, 1.54) is 5.57 Å². The van der Waals surface area contributed by atoms with E-state index in [0.717, 1.165) is 18.2 Å². The van der Waals surface area contributed by atoms with Crippen molar-refractivity contribution in [2.45, 2.75) is 85.2 Å². The molecule has 8 heteroatoms. The van der Waals surface area contributed by atoms with Gasteiger partial charge in [0.05, 0.1) is 0 Å². The minimum atomic E-state index is -2.74. The van der Waals surface area contributed by atoms with Crippen LogP contribution in [0.1, 0.15) is 20.3 Å². The van der Waals surface area contributed by atoms with Crippen molar-refractivity contribution in [2.24, 2.45) is 5.73 Å². The molecule has 0 aromatic rings. The first kappa shape index (κ1) is 23.3. The fourth-order valence-electron chi connectivity index (χ4n) is 2.15. The van der Waals surface area contributed by atoms with Crippen molar-refractivity contribution in [3.63, 3.8) is 0 Å². The van der Waals surface area contributed by atoms with Crippen LogP contribution >= 0.6 is 0 Å². The Morgan fingerprint density at radius 1 is 0.696 bits per heavy atom. The predicted octanol–water partition coefficient (Wildman–Crippen LogP) is 5.12. The van der Waals surface area contributed by atoms with Gasteiger partial charge in [-0.15, -0.1) is 0 Å². The molecule has 0 saturated carbocycles. The summed E-state index contributed by atoms with van der Waals surface area (Å²) in [6.07, 6.45) is 0.786. The van der Waals surface area contributed by atoms with E-state index in [1.807, 2.05) is 0 Å². The van der Waals surface area contributed by atoms with Gasteiger partial charge < -0.3 is 18.1 Å². The number of hydrogen-bond acceptors (Lipinski definition) is 4. The highest BCUT2D eigenvalue weighted by atomic mass is 28.5. The van der Waals surface area contributed by atoms with Crippen LogP contribution in [0.2, 0.25) is 65.0 Å². The van der Waals surface area contributed by atoms with Crippen LogP contribution in [0.4, 0.5) is 0 Å². The molecule has 0 bridgehead atoms. The van der Waals surface area contributed by atoms with Crippen LogP contribution < -0.4 is 5.73 Å². The third-order valence-electron chi connectivity index (χ3n) is 2.73. The van der Waals surface area contributed by atoms with Gasteiger partial charge in [-0.2, -0.15) is 0 Å². The molecule has 0 saturated heterocycles. The molecule has 0 atom stereocenters. The maximum Gasteiger partial charge on any atom is 0.469 e. The van der Waals surface area contributed by atoms with Gasteiger partial charge >= 0.3 is 8.80 Å². The molecule has 0 aromatic carbocycles. The zero-order chi connectivity index (χ0) is 18.7. The van der Waals surface area contributed by atoms with E-state index in [4.69, 9.17) is 18.1 Å². The molecule has 0 heterocycles. The maximum atomic E-state index is 6.63. The number of nitrogens with two attached hydrogens (primary N) is 1. The Morgan fingerprint density at radius 2 is 1.00 bits per heavy atom. The maximum absolute atomic E-state index is 6.63. The summed E-state index contributed by atoms with van der Waals surface area (Å²) in [5, 5.41) is 0. The number of rotatable bonds is 9. The molecule has 23 heavy (non-hydrogen) atoms. The Kier molecular flexibility index (Phi) is 8.21. The van der Waals surface area contributed by atoms with Crippen molar-refractivity contribution in [2.75, 3.05) is 0 Å². The van der Waals surface area contributed by atoms with Crippen LogP contribution in [0.25, 0.3) is 0 Å². The second kappa shape index (κ2) is 8.11. The Hall–Kier alpha value is 0.288. The van der Waals surface area contributed by atoms with Crippen LogP contribution in [0, 0.1) is 0 Å². The molecular formula is C15H39NO3Si4. The summed E-state index contributed by atoms with van der Waals surface area (Å²) in [5.41, 5.74) is 8.28.